The molecule has 0 amide bonds. The third-order valence-electron chi connectivity index (χ3n) is 4.34. The second-order valence-electron chi connectivity index (χ2n) is 6.55. The van der Waals surface area contributed by atoms with Crippen LogP contribution in [0.1, 0.15) is 51.2 Å². The topological polar surface area (TPSA) is 66.5 Å². The minimum absolute atomic E-state index is 0. The monoisotopic (exact) mass is 435 g/mol. The van der Waals surface area contributed by atoms with Gasteiger partial charge < -0.3 is 14.7 Å². The Morgan fingerprint density at radius 2 is 2.26 bits per heavy atom. The van der Waals surface area contributed by atoms with Gasteiger partial charge in [0.25, 0.3) is 0 Å². The van der Waals surface area contributed by atoms with Gasteiger partial charge in [0.05, 0.1) is 0 Å². The SMILES string of the molecule is CCCC1(C)CCCN(C(=NC)NCCc2nc(C)no2)C1.I. The number of aryl methyl sites for hydroxylation is 1. The van der Waals surface area contributed by atoms with Gasteiger partial charge in [-0.25, -0.2) is 0 Å². The quantitative estimate of drug-likeness (QED) is 0.438. The molecular weight excluding hydrogens is 405 g/mol. The van der Waals surface area contributed by atoms with Crippen molar-refractivity contribution in [2.45, 2.75) is 52.9 Å². The van der Waals surface area contributed by atoms with E-state index < -0.39 is 0 Å². The molecule has 1 aliphatic heterocycles. The fourth-order valence-corrected chi connectivity index (χ4v) is 3.36. The maximum absolute atomic E-state index is 5.14. The standard InChI is InChI=1S/C16H29N5O.HI/c1-5-8-16(3)9-6-11-21(12-16)15(17-4)18-10-7-14-19-13(2)20-22-14;/h5-12H2,1-4H3,(H,17,18);1H. The van der Waals surface area contributed by atoms with Crippen LogP contribution in [-0.4, -0.2) is 47.7 Å². The van der Waals surface area contributed by atoms with Crippen LogP contribution in [0.3, 0.4) is 0 Å². The first-order chi connectivity index (χ1) is 10.6. The van der Waals surface area contributed by atoms with E-state index in [0.717, 1.165) is 32.0 Å². The zero-order chi connectivity index (χ0) is 16.0. The van der Waals surface area contributed by atoms with Gasteiger partial charge in [0, 0.05) is 33.1 Å². The minimum atomic E-state index is 0. The summed E-state index contributed by atoms with van der Waals surface area (Å²) < 4.78 is 5.14. The van der Waals surface area contributed by atoms with E-state index in [9.17, 15) is 0 Å². The van der Waals surface area contributed by atoms with E-state index in [1.807, 2.05) is 14.0 Å². The number of aliphatic imine (C=N–C) groups is 1. The van der Waals surface area contributed by atoms with Gasteiger partial charge in [-0.2, -0.15) is 4.98 Å². The molecule has 23 heavy (non-hydrogen) atoms. The molecule has 1 unspecified atom stereocenters. The first-order valence-electron chi connectivity index (χ1n) is 8.31. The van der Waals surface area contributed by atoms with Crippen LogP contribution in [0, 0.1) is 12.3 Å². The van der Waals surface area contributed by atoms with Crippen molar-refractivity contribution in [2.75, 3.05) is 26.7 Å². The van der Waals surface area contributed by atoms with Gasteiger partial charge in [-0.05, 0) is 31.6 Å². The van der Waals surface area contributed by atoms with Gasteiger partial charge in [-0.15, -0.1) is 24.0 Å². The van der Waals surface area contributed by atoms with Gasteiger partial charge in [0.1, 0.15) is 0 Å². The number of nitrogens with zero attached hydrogens (tertiary/aromatic N) is 4. The summed E-state index contributed by atoms with van der Waals surface area (Å²) in [5.74, 6) is 2.35. The van der Waals surface area contributed by atoms with E-state index in [2.05, 4.69) is 39.2 Å². The van der Waals surface area contributed by atoms with Gasteiger partial charge in [0.2, 0.25) is 5.89 Å². The summed E-state index contributed by atoms with van der Waals surface area (Å²) in [7, 11) is 1.85. The summed E-state index contributed by atoms with van der Waals surface area (Å²) in [6.45, 7) is 9.43. The van der Waals surface area contributed by atoms with E-state index >= 15 is 0 Å². The summed E-state index contributed by atoms with van der Waals surface area (Å²) in [5.41, 5.74) is 0.411. The molecule has 1 N–H and O–H groups in total. The second kappa shape index (κ2) is 9.44. The van der Waals surface area contributed by atoms with Crippen LogP contribution in [0.2, 0.25) is 0 Å². The van der Waals surface area contributed by atoms with E-state index in [1.165, 1.54) is 25.7 Å². The van der Waals surface area contributed by atoms with Crippen LogP contribution in [0.15, 0.2) is 9.52 Å². The molecular formula is C16H30IN5O. The molecule has 7 heteroatoms. The van der Waals surface area contributed by atoms with E-state index in [0.29, 0.717) is 17.1 Å². The number of hydrogen-bond acceptors (Lipinski definition) is 4. The van der Waals surface area contributed by atoms with Crippen LogP contribution >= 0.6 is 24.0 Å². The lowest BCUT2D eigenvalue weighted by molar-refractivity contribution is 0.142. The molecule has 1 aliphatic rings. The largest absolute Gasteiger partial charge is 0.356 e. The average Bonchev–Trinajstić information content (AvgIpc) is 2.89. The maximum Gasteiger partial charge on any atom is 0.228 e. The summed E-state index contributed by atoms with van der Waals surface area (Å²) in [6.07, 6.45) is 5.80. The molecule has 2 heterocycles. The number of aromatic nitrogens is 2. The Hall–Kier alpha value is -0.860. The lowest BCUT2D eigenvalue weighted by Gasteiger charge is -2.42. The molecule has 1 saturated heterocycles. The van der Waals surface area contributed by atoms with Crippen molar-refractivity contribution in [1.29, 1.82) is 0 Å². The molecule has 132 valence electrons. The number of guanidine groups is 1. The molecule has 2 rings (SSSR count). The molecule has 0 spiro atoms. The molecule has 1 fully saturated rings. The van der Waals surface area contributed by atoms with Gasteiger partial charge in [0.15, 0.2) is 11.8 Å². The van der Waals surface area contributed by atoms with E-state index in [-0.39, 0.29) is 24.0 Å². The fourth-order valence-electron chi connectivity index (χ4n) is 3.36. The molecule has 1 aromatic rings. The normalized spacial score (nSPS) is 21.9. The average molecular weight is 435 g/mol. The Bertz CT molecular complexity index is 500. The van der Waals surface area contributed by atoms with Crippen molar-refractivity contribution in [2.24, 2.45) is 10.4 Å². The van der Waals surface area contributed by atoms with Gasteiger partial charge in [-0.1, -0.05) is 25.4 Å². The van der Waals surface area contributed by atoms with Crippen LogP contribution in [-0.2, 0) is 6.42 Å². The lowest BCUT2D eigenvalue weighted by Crippen LogP contribution is -2.50. The van der Waals surface area contributed by atoms with Crippen LogP contribution in [0.5, 0.6) is 0 Å². The predicted molar refractivity (Wildman–Crippen MR) is 103 cm³/mol. The Labute approximate surface area is 156 Å². The zero-order valence-corrected chi connectivity index (χ0v) is 17.1. The zero-order valence-electron chi connectivity index (χ0n) is 14.8. The van der Waals surface area contributed by atoms with Crippen molar-refractivity contribution in [1.82, 2.24) is 20.4 Å². The Balaban J connectivity index is 0.00000264. The van der Waals surface area contributed by atoms with Crippen molar-refractivity contribution in [3.63, 3.8) is 0 Å². The number of rotatable bonds is 5. The van der Waals surface area contributed by atoms with Gasteiger partial charge >= 0.3 is 0 Å². The molecule has 6 nitrogen and oxygen atoms in total. The lowest BCUT2D eigenvalue weighted by atomic mass is 9.78. The van der Waals surface area contributed by atoms with E-state index in [4.69, 9.17) is 4.52 Å². The van der Waals surface area contributed by atoms with Crippen LogP contribution in [0.25, 0.3) is 0 Å². The number of likely N-dealkylation sites (tertiary alicyclic amines) is 1. The number of hydrogen-bond donors (Lipinski definition) is 1. The van der Waals surface area contributed by atoms with Crippen molar-refractivity contribution in [3.8, 4) is 0 Å². The molecule has 1 atom stereocenters. The van der Waals surface area contributed by atoms with Crippen molar-refractivity contribution < 1.29 is 4.52 Å². The fraction of sp³-hybridized carbons (Fsp3) is 0.812. The smallest absolute Gasteiger partial charge is 0.228 e. The third-order valence-corrected chi connectivity index (χ3v) is 4.34. The number of nitrogens with one attached hydrogen (secondary N) is 1. The second-order valence-corrected chi connectivity index (χ2v) is 6.55. The summed E-state index contributed by atoms with van der Waals surface area (Å²) in [5, 5.41) is 7.23. The first kappa shape index (κ1) is 20.2. The molecule has 0 radical (unpaired) electrons. The third kappa shape index (κ3) is 5.93. The highest BCUT2D eigenvalue weighted by atomic mass is 127. The molecule has 0 aliphatic carbocycles. The highest BCUT2D eigenvalue weighted by molar-refractivity contribution is 14.0. The predicted octanol–water partition coefficient (Wildman–Crippen LogP) is 3.02. The van der Waals surface area contributed by atoms with Crippen LogP contribution < -0.4 is 5.32 Å². The highest BCUT2D eigenvalue weighted by Gasteiger charge is 2.31. The van der Waals surface area contributed by atoms with Crippen molar-refractivity contribution >= 4 is 29.9 Å². The number of halogens is 1. The van der Waals surface area contributed by atoms with Crippen molar-refractivity contribution in [3.05, 3.63) is 11.7 Å². The highest BCUT2D eigenvalue weighted by Crippen LogP contribution is 2.33. The maximum atomic E-state index is 5.14. The summed E-state index contributed by atoms with van der Waals surface area (Å²) in [6, 6.07) is 0. The molecule has 1 aromatic heterocycles. The minimum Gasteiger partial charge on any atom is -0.356 e. The Morgan fingerprint density at radius 1 is 1.48 bits per heavy atom. The first-order valence-corrected chi connectivity index (χ1v) is 8.31. The molecule has 0 saturated carbocycles. The van der Waals surface area contributed by atoms with E-state index in [1.54, 1.807) is 0 Å². The van der Waals surface area contributed by atoms with Gasteiger partial charge in [-0.3, -0.25) is 4.99 Å². The molecule has 0 bridgehead atoms. The summed E-state index contributed by atoms with van der Waals surface area (Å²) in [4.78, 5) is 11.0. The Morgan fingerprint density at radius 3 is 2.87 bits per heavy atom. The Kier molecular flexibility index (Phi) is 8.28. The van der Waals surface area contributed by atoms with Crippen LogP contribution in [0.4, 0.5) is 0 Å². The number of piperidine rings is 1. The summed E-state index contributed by atoms with van der Waals surface area (Å²) >= 11 is 0. The molecule has 0 aromatic carbocycles.